The Bertz CT molecular complexity index is 2550. The van der Waals surface area contributed by atoms with Crippen molar-refractivity contribution in [1.29, 1.82) is 0 Å². The van der Waals surface area contributed by atoms with Crippen LogP contribution in [0.15, 0.2) is 168 Å². The minimum atomic E-state index is 0.611. The molecule has 9 aromatic rings. The van der Waals surface area contributed by atoms with E-state index in [1.165, 1.54) is 22.3 Å². The Balaban J connectivity index is 1.13. The fourth-order valence-electron chi connectivity index (χ4n) is 6.60. The zero-order valence-electron chi connectivity index (χ0n) is 25.3. The fourth-order valence-corrected chi connectivity index (χ4v) is 6.60. The van der Waals surface area contributed by atoms with Crippen LogP contribution in [0, 0.1) is 0 Å². The van der Waals surface area contributed by atoms with E-state index in [9.17, 15) is 0 Å². The summed E-state index contributed by atoms with van der Waals surface area (Å²) in [6, 6.07) is 54.8. The number of furan rings is 1. The van der Waals surface area contributed by atoms with Crippen molar-refractivity contribution >= 4 is 32.7 Å². The SMILES string of the molecule is c1ccc(-c2ccc(-c3ccc(-c4cccc5oc6cccc(-c7ncnc(-c8cccc9ccccc89)n7)c6c45)cc3)cc2)cc1. The maximum absolute atomic E-state index is 6.42. The van der Waals surface area contributed by atoms with Gasteiger partial charge in [0.1, 0.15) is 17.5 Å². The molecule has 0 N–H and O–H groups in total. The third kappa shape index (κ3) is 4.75. The van der Waals surface area contributed by atoms with Crippen LogP contribution in [0.4, 0.5) is 0 Å². The molecule has 0 aliphatic carbocycles. The molecular weight excluding hydrogens is 574 g/mol. The number of aromatic nitrogens is 3. The zero-order chi connectivity index (χ0) is 31.2. The van der Waals surface area contributed by atoms with Crippen molar-refractivity contribution in [3.8, 4) is 56.2 Å². The predicted octanol–water partition coefficient (Wildman–Crippen LogP) is 11.3. The summed E-state index contributed by atoms with van der Waals surface area (Å²) in [6.45, 7) is 0. The monoisotopic (exact) mass is 601 g/mol. The molecule has 0 unspecified atom stereocenters. The fraction of sp³-hybridized carbons (Fsp3) is 0. The molecule has 0 bridgehead atoms. The van der Waals surface area contributed by atoms with Crippen molar-refractivity contribution in [2.75, 3.05) is 0 Å². The molecule has 4 nitrogen and oxygen atoms in total. The van der Waals surface area contributed by atoms with Gasteiger partial charge in [-0.15, -0.1) is 0 Å². The summed E-state index contributed by atoms with van der Waals surface area (Å²) in [7, 11) is 0. The maximum Gasteiger partial charge on any atom is 0.164 e. The summed E-state index contributed by atoms with van der Waals surface area (Å²) in [5.74, 6) is 1.25. The molecule has 2 aromatic heterocycles. The summed E-state index contributed by atoms with van der Waals surface area (Å²) in [5.41, 5.74) is 10.5. The van der Waals surface area contributed by atoms with Crippen LogP contribution in [0.3, 0.4) is 0 Å². The second-order valence-electron chi connectivity index (χ2n) is 11.6. The van der Waals surface area contributed by atoms with Gasteiger partial charge in [-0.3, -0.25) is 0 Å². The lowest BCUT2D eigenvalue weighted by atomic mass is 9.95. The van der Waals surface area contributed by atoms with Gasteiger partial charge in [-0.05, 0) is 56.3 Å². The first-order valence-electron chi connectivity index (χ1n) is 15.7. The zero-order valence-corrected chi connectivity index (χ0v) is 25.3. The second kappa shape index (κ2) is 11.2. The average Bonchev–Trinajstić information content (AvgIpc) is 3.55. The summed E-state index contributed by atoms with van der Waals surface area (Å²) < 4.78 is 6.42. The molecule has 0 aliphatic heterocycles. The molecule has 7 aromatic carbocycles. The van der Waals surface area contributed by atoms with Gasteiger partial charge < -0.3 is 4.42 Å². The van der Waals surface area contributed by atoms with Crippen molar-refractivity contribution in [3.05, 3.63) is 164 Å². The lowest BCUT2D eigenvalue weighted by Crippen LogP contribution is -1.96. The lowest BCUT2D eigenvalue weighted by Gasteiger charge is -2.09. The van der Waals surface area contributed by atoms with Gasteiger partial charge in [0.15, 0.2) is 11.6 Å². The Hall–Kier alpha value is -6.39. The molecule has 0 aliphatic rings. The van der Waals surface area contributed by atoms with Crippen LogP contribution in [0.5, 0.6) is 0 Å². The Morgan fingerprint density at radius 1 is 0.362 bits per heavy atom. The molecule has 0 atom stereocenters. The number of rotatable bonds is 5. The molecular formula is C43H27N3O. The third-order valence-electron chi connectivity index (χ3n) is 8.89. The Morgan fingerprint density at radius 2 is 0.851 bits per heavy atom. The van der Waals surface area contributed by atoms with E-state index in [0.717, 1.165) is 55.0 Å². The van der Waals surface area contributed by atoms with Crippen LogP contribution in [-0.2, 0) is 0 Å². The van der Waals surface area contributed by atoms with Gasteiger partial charge >= 0.3 is 0 Å². The number of hydrogen-bond acceptors (Lipinski definition) is 4. The molecule has 0 radical (unpaired) electrons. The lowest BCUT2D eigenvalue weighted by molar-refractivity contribution is 0.669. The highest BCUT2D eigenvalue weighted by Crippen LogP contribution is 2.41. The second-order valence-corrected chi connectivity index (χ2v) is 11.6. The summed E-state index contributed by atoms with van der Waals surface area (Å²) in [4.78, 5) is 14.3. The maximum atomic E-state index is 6.42. The van der Waals surface area contributed by atoms with E-state index in [4.69, 9.17) is 9.40 Å². The van der Waals surface area contributed by atoms with Gasteiger partial charge in [-0.25, -0.2) is 15.0 Å². The molecule has 0 spiro atoms. The summed E-state index contributed by atoms with van der Waals surface area (Å²) in [6.07, 6.45) is 1.60. The van der Waals surface area contributed by atoms with Gasteiger partial charge in [0, 0.05) is 21.9 Å². The van der Waals surface area contributed by atoms with E-state index in [1.54, 1.807) is 6.33 Å². The number of hydrogen-bond donors (Lipinski definition) is 0. The Labute approximate surface area is 271 Å². The van der Waals surface area contributed by atoms with Gasteiger partial charge in [0.25, 0.3) is 0 Å². The predicted molar refractivity (Wildman–Crippen MR) is 192 cm³/mol. The van der Waals surface area contributed by atoms with E-state index in [0.29, 0.717) is 11.6 Å². The largest absolute Gasteiger partial charge is 0.456 e. The highest BCUT2D eigenvalue weighted by Gasteiger charge is 2.19. The van der Waals surface area contributed by atoms with Crippen molar-refractivity contribution in [2.45, 2.75) is 0 Å². The van der Waals surface area contributed by atoms with E-state index in [-0.39, 0.29) is 0 Å². The van der Waals surface area contributed by atoms with Gasteiger partial charge in [0.2, 0.25) is 0 Å². The molecule has 0 saturated heterocycles. The first-order valence-corrected chi connectivity index (χ1v) is 15.7. The Morgan fingerprint density at radius 3 is 1.55 bits per heavy atom. The van der Waals surface area contributed by atoms with Crippen LogP contribution >= 0.6 is 0 Å². The van der Waals surface area contributed by atoms with Crippen LogP contribution in [0.2, 0.25) is 0 Å². The van der Waals surface area contributed by atoms with Crippen molar-refractivity contribution in [1.82, 2.24) is 15.0 Å². The topological polar surface area (TPSA) is 51.8 Å². The van der Waals surface area contributed by atoms with E-state index in [1.807, 2.05) is 42.5 Å². The van der Waals surface area contributed by atoms with Crippen LogP contribution in [-0.4, -0.2) is 15.0 Å². The van der Waals surface area contributed by atoms with Crippen molar-refractivity contribution in [3.63, 3.8) is 0 Å². The normalized spacial score (nSPS) is 11.4. The summed E-state index contributed by atoms with van der Waals surface area (Å²) >= 11 is 0. The number of nitrogens with zero attached hydrogens (tertiary/aromatic N) is 3. The van der Waals surface area contributed by atoms with Crippen molar-refractivity contribution < 1.29 is 4.42 Å². The molecule has 2 heterocycles. The molecule has 47 heavy (non-hydrogen) atoms. The average molecular weight is 602 g/mol. The van der Waals surface area contributed by atoms with E-state index < -0.39 is 0 Å². The third-order valence-corrected chi connectivity index (χ3v) is 8.89. The molecule has 0 amide bonds. The number of benzene rings is 7. The minimum absolute atomic E-state index is 0.611. The molecule has 0 fully saturated rings. The molecule has 4 heteroatoms. The van der Waals surface area contributed by atoms with Crippen LogP contribution < -0.4 is 0 Å². The molecule has 220 valence electrons. The highest BCUT2D eigenvalue weighted by molar-refractivity contribution is 6.17. The van der Waals surface area contributed by atoms with E-state index >= 15 is 0 Å². The molecule has 0 saturated carbocycles. The highest BCUT2D eigenvalue weighted by atomic mass is 16.3. The first kappa shape index (κ1) is 27.0. The summed E-state index contributed by atoms with van der Waals surface area (Å²) in [5, 5.41) is 4.30. The van der Waals surface area contributed by atoms with Crippen molar-refractivity contribution in [2.24, 2.45) is 0 Å². The molecule has 9 rings (SSSR count). The van der Waals surface area contributed by atoms with E-state index in [2.05, 4.69) is 125 Å². The minimum Gasteiger partial charge on any atom is -0.456 e. The number of fused-ring (bicyclic) bond motifs is 4. The van der Waals surface area contributed by atoms with Crippen LogP contribution in [0.1, 0.15) is 0 Å². The van der Waals surface area contributed by atoms with Gasteiger partial charge in [-0.2, -0.15) is 0 Å². The quantitative estimate of drug-likeness (QED) is 0.197. The standard InChI is InChI=1S/C43H27N3O/c1-2-9-28(10-3-1)29-19-21-30(22-20-29)31-23-25-33(26-24-31)35-14-7-17-38-40(35)41-37(16-8-18-39(41)47-38)43-45-27-44-42(46-43)36-15-6-12-32-11-4-5-13-34(32)36/h1-27H. The van der Waals surface area contributed by atoms with Crippen LogP contribution in [0.25, 0.3) is 88.9 Å². The van der Waals surface area contributed by atoms with Gasteiger partial charge in [0.05, 0.1) is 0 Å². The van der Waals surface area contributed by atoms with Gasteiger partial charge in [-0.1, -0.05) is 146 Å². The first-order chi connectivity index (χ1) is 23.3. The Kier molecular flexibility index (Phi) is 6.43. The smallest absolute Gasteiger partial charge is 0.164 e.